The Morgan fingerprint density at radius 1 is 0.929 bits per heavy atom. The van der Waals surface area contributed by atoms with Crippen molar-refractivity contribution in [1.82, 2.24) is 5.32 Å². The van der Waals surface area contributed by atoms with Gasteiger partial charge in [0.1, 0.15) is 12.4 Å². The molecule has 4 nitrogen and oxygen atoms in total. The van der Waals surface area contributed by atoms with Gasteiger partial charge in [0, 0.05) is 23.1 Å². The Kier molecular flexibility index (Phi) is 5.84. The Hall–Kier alpha value is -2.50. The molecule has 0 saturated carbocycles. The van der Waals surface area contributed by atoms with Crippen LogP contribution < -0.4 is 19.5 Å². The zero-order valence-corrected chi connectivity index (χ0v) is 17.3. The van der Waals surface area contributed by atoms with E-state index in [0.717, 1.165) is 39.4 Å². The zero-order valence-electron chi connectivity index (χ0n) is 15.7. The lowest BCUT2D eigenvalue weighted by molar-refractivity contribution is 0.174. The topological polar surface area (TPSA) is 39.7 Å². The molecule has 0 spiro atoms. The molecule has 3 aromatic rings. The van der Waals surface area contributed by atoms with Gasteiger partial charge in [0.2, 0.25) is 6.79 Å². The second-order valence-electron chi connectivity index (χ2n) is 6.82. The number of fused-ring (bicyclic) bond motifs is 1. The number of rotatable bonds is 7. The van der Waals surface area contributed by atoms with Crippen LogP contribution in [0.4, 0.5) is 0 Å². The lowest BCUT2D eigenvalue weighted by Gasteiger charge is -2.13. The molecule has 144 valence electrons. The summed E-state index contributed by atoms with van der Waals surface area (Å²) >= 11 is 3.56. The molecule has 0 saturated heterocycles. The molecule has 1 N–H and O–H groups in total. The Balaban J connectivity index is 1.39. The molecule has 4 rings (SSSR count). The van der Waals surface area contributed by atoms with Gasteiger partial charge in [-0.05, 0) is 48.4 Å². The van der Waals surface area contributed by atoms with Gasteiger partial charge in [-0.25, -0.2) is 0 Å². The fraction of sp³-hybridized carbons (Fsp3) is 0.217. The minimum atomic E-state index is 0.298. The Morgan fingerprint density at radius 3 is 2.71 bits per heavy atom. The molecule has 1 aliphatic heterocycles. The molecule has 0 amide bonds. The minimum Gasteiger partial charge on any atom is -0.489 e. The van der Waals surface area contributed by atoms with Crippen molar-refractivity contribution >= 4 is 15.9 Å². The smallest absolute Gasteiger partial charge is 0.231 e. The summed E-state index contributed by atoms with van der Waals surface area (Å²) in [5, 5.41) is 3.49. The molecule has 0 bridgehead atoms. The van der Waals surface area contributed by atoms with E-state index < -0.39 is 0 Å². The second-order valence-corrected chi connectivity index (χ2v) is 7.74. The summed E-state index contributed by atoms with van der Waals surface area (Å²) in [6.45, 7) is 4.39. The third kappa shape index (κ3) is 4.66. The van der Waals surface area contributed by atoms with Crippen molar-refractivity contribution in [2.75, 3.05) is 6.79 Å². The molecule has 0 aromatic heterocycles. The lowest BCUT2D eigenvalue weighted by Crippen LogP contribution is -2.13. The highest BCUT2D eigenvalue weighted by Gasteiger charge is 2.13. The maximum atomic E-state index is 6.10. The quantitative estimate of drug-likeness (QED) is 0.538. The molecule has 5 heteroatoms. The van der Waals surface area contributed by atoms with Gasteiger partial charge in [0.25, 0.3) is 0 Å². The first-order valence-corrected chi connectivity index (χ1v) is 10.0. The van der Waals surface area contributed by atoms with Gasteiger partial charge in [-0.15, -0.1) is 0 Å². The highest BCUT2D eigenvalue weighted by Crippen LogP contribution is 2.32. The molecule has 1 aliphatic rings. The summed E-state index contributed by atoms with van der Waals surface area (Å²) in [6.07, 6.45) is 0. The van der Waals surface area contributed by atoms with E-state index in [1.165, 1.54) is 11.1 Å². The van der Waals surface area contributed by atoms with E-state index in [2.05, 4.69) is 64.6 Å². The number of ether oxygens (including phenoxy) is 3. The molecule has 3 aromatic carbocycles. The van der Waals surface area contributed by atoms with Crippen LogP contribution in [0.15, 0.2) is 65.1 Å². The molecule has 0 unspecified atom stereocenters. The summed E-state index contributed by atoms with van der Waals surface area (Å²) in [5.41, 5.74) is 4.67. The van der Waals surface area contributed by atoms with Gasteiger partial charge in [-0.3, -0.25) is 0 Å². The van der Waals surface area contributed by atoms with Crippen LogP contribution in [0.3, 0.4) is 0 Å². The molecule has 28 heavy (non-hydrogen) atoms. The Morgan fingerprint density at radius 2 is 1.82 bits per heavy atom. The lowest BCUT2D eigenvalue weighted by atomic mass is 10.1. The van der Waals surface area contributed by atoms with E-state index in [9.17, 15) is 0 Å². The number of nitrogens with one attached hydrogen (secondary N) is 1. The van der Waals surface area contributed by atoms with Crippen LogP contribution in [0, 0.1) is 6.92 Å². The third-order valence-electron chi connectivity index (χ3n) is 4.58. The number of benzene rings is 3. The van der Waals surface area contributed by atoms with Gasteiger partial charge in [0.15, 0.2) is 11.5 Å². The van der Waals surface area contributed by atoms with Gasteiger partial charge in [-0.2, -0.15) is 0 Å². The third-order valence-corrected chi connectivity index (χ3v) is 5.07. The molecule has 1 heterocycles. The van der Waals surface area contributed by atoms with Crippen molar-refractivity contribution < 1.29 is 14.2 Å². The minimum absolute atomic E-state index is 0.298. The predicted octanol–water partition coefficient (Wildman–Crippen LogP) is 5.36. The maximum Gasteiger partial charge on any atom is 0.231 e. The van der Waals surface area contributed by atoms with Gasteiger partial charge in [0.05, 0.1) is 0 Å². The summed E-state index contributed by atoms with van der Waals surface area (Å²) in [4.78, 5) is 0. The van der Waals surface area contributed by atoms with Gasteiger partial charge < -0.3 is 19.5 Å². The summed E-state index contributed by atoms with van der Waals surface area (Å²) in [7, 11) is 0. The predicted molar refractivity (Wildman–Crippen MR) is 113 cm³/mol. The molecular weight excluding hydrogens is 418 g/mol. The van der Waals surface area contributed by atoms with Crippen molar-refractivity contribution in [3.05, 3.63) is 87.4 Å². The summed E-state index contributed by atoms with van der Waals surface area (Å²) in [5.74, 6) is 2.51. The van der Waals surface area contributed by atoms with Crippen molar-refractivity contribution in [3.8, 4) is 17.2 Å². The molecule has 0 atom stereocenters. The van der Waals surface area contributed by atoms with E-state index in [-0.39, 0.29) is 0 Å². The van der Waals surface area contributed by atoms with Gasteiger partial charge in [-0.1, -0.05) is 51.8 Å². The van der Waals surface area contributed by atoms with Crippen molar-refractivity contribution in [2.24, 2.45) is 0 Å². The van der Waals surface area contributed by atoms with Crippen LogP contribution in [0.25, 0.3) is 0 Å². The Bertz CT molecular complexity index is 974. The van der Waals surface area contributed by atoms with Crippen LogP contribution in [0.1, 0.15) is 22.3 Å². The molecule has 0 fully saturated rings. The Labute approximate surface area is 173 Å². The SMILES string of the molecule is Cc1cccc(COc2ccc(Br)cc2CNCc2ccc3c(c2)OCO3)c1. The van der Waals surface area contributed by atoms with E-state index >= 15 is 0 Å². The fourth-order valence-electron chi connectivity index (χ4n) is 3.18. The highest BCUT2D eigenvalue weighted by atomic mass is 79.9. The first kappa shape index (κ1) is 18.8. The van der Waals surface area contributed by atoms with E-state index in [4.69, 9.17) is 14.2 Å². The van der Waals surface area contributed by atoms with Crippen LogP contribution >= 0.6 is 15.9 Å². The van der Waals surface area contributed by atoms with E-state index in [1.807, 2.05) is 24.3 Å². The standard InChI is InChI=1S/C23H22BrNO3/c1-16-3-2-4-18(9-16)14-26-21-8-6-20(24)11-19(21)13-25-12-17-5-7-22-23(10-17)28-15-27-22/h2-11,25H,12-15H2,1H3. The fourth-order valence-corrected chi connectivity index (χ4v) is 3.59. The first-order chi connectivity index (χ1) is 13.7. The highest BCUT2D eigenvalue weighted by molar-refractivity contribution is 9.10. The monoisotopic (exact) mass is 439 g/mol. The number of halogens is 1. The van der Waals surface area contributed by atoms with Crippen molar-refractivity contribution in [3.63, 3.8) is 0 Å². The number of aryl methyl sites for hydroxylation is 1. The van der Waals surface area contributed by atoms with Crippen molar-refractivity contribution in [1.29, 1.82) is 0 Å². The summed E-state index contributed by atoms with van der Waals surface area (Å²) < 4.78 is 17.9. The van der Waals surface area contributed by atoms with Crippen LogP contribution in [-0.4, -0.2) is 6.79 Å². The molecule has 0 aliphatic carbocycles. The van der Waals surface area contributed by atoms with Crippen LogP contribution in [0.2, 0.25) is 0 Å². The maximum absolute atomic E-state index is 6.10. The molecule has 0 radical (unpaired) electrons. The normalized spacial score (nSPS) is 12.2. The van der Waals surface area contributed by atoms with Gasteiger partial charge >= 0.3 is 0 Å². The average molecular weight is 440 g/mol. The largest absolute Gasteiger partial charge is 0.489 e. The number of hydrogen-bond donors (Lipinski definition) is 1. The molecular formula is C23H22BrNO3. The second kappa shape index (κ2) is 8.67. The van der Waals surface area contributed by atoms with Crippen LogP contribution in [-0.2, 0) is 19.7 Å². The average Bonchev–Trinajstić information content (AvgIpc) is 3.15. The number of hydrogen-bond acceptors (Lipinski definition) is 4. The zero-order chi connectivity index (χ0) is 19.3. The first-order valence-electron chi connectivity index (χ1n) is 9.23. The van der Waals surface area contributed by atoms with Crippen LogP contribution in [0.5, 0.6) is 17.2 Å². The van der Waals surface area contributed by atoms with E-state index in [1.54, 1.807) is 0 Å². The summed E-state index contributed by atoms with van der Waals surface area (Å²) in [6, 6.07) is 20.5. The van der Waals surface area contributed by atoms with Crippen molar-refractivity contribution in [2.45, 2.75) is 26.6 Å². The van der Waals surface area contributed by atoms with E-state index in [0.29, 0.717) is 19.9 Å².